The van der Waals surface area contributed by atoms with Gasteiger partial charge in [-0.25, -0.2) is 0 Å². The van der Waals surface area contributed by atoms with E-state index in [1.165, 1.54) is 0 Å². The molecule has 0 aliphatic carbocycles. The van der Waals surface area contributed by atoms with Gasteiger partial charge in [0.25, 0.3) is 5.91 Å². The smallest absolute Gasteiger partial charge is 0.263 e. The summed E-state index contributed by atoms with van der Waals surface area (Å²) in [4.78, 5) is 13.3. The van der Waals surface area contributed by atoms with Crippen molar-refractivity contribution in [3.63, 3.8) is 0 Å². The van der Waals surface area contributed by atoms with Gasteiger partial charge in [-0.3, -0.25) is 4.79 Å². The summed E-state index contributed by atoms with van der Waals surface area (Å²) in [6.07, 6.45) is 1.04. The molecule has 1 aromatic rings. The van der Waals surface area contributed by atoms with Gasteiger partial charge in [0.05, 0.1) is 0 Å². The molecule has 0 radical (unpaired) electrons. The molecule has 1 heterocycles. The number of aliphatic hydroxyl groups excluding tert-OH is 1. The Bertz CT molecular complexity index is 388. The van der Waals surface area contributed by atoms with Crippen molar-refractivity contribution in [2.24, 2.45) is 0 Å². The van der Waals surface area contributed by atoms with Crippen LogP contribution in [-0.2, 0) is 11.2 Å². The van der Waals surface area contributed by atoms with E-state index in [0.29, 0.717) is 12.2 Å². The minimum absolute atomic E-state index is 0.0458. The summed E-state index contributed by atoms with van der Waals surface area (Å²) in [5.41, 5.74) is 1.06. The number of hydrogen-bond acceptors (Lipinski definition) is 3. The largest absolute Gasteiger partial charge is 0.481 e. The lowest BCUT2D eigenvalue weighted by molar-refractivity contribution is -0.132. The first kappa shape index (κ1) is 11.9. The van der Waals surface area contributed by atoms with Crippen LogP contribution in [0.15, 0.2) is 24.3 Å². The van der Waals surface area contributed by atoms with Crippen molar-refractivity contribution in [2.45, 2.75) is 18.9 Å². The van der Waals surface area contributed by atoms with Gasteiger partial charge in [-0.15, -0.1) is 0 Å². The van der Waals surface area contributed by atoms with Crippen molar-refractivity contribution in [1.29, 1.82) is 0 Å². The third kappa shape index (κ3) is 2.77. The first-order valence-corrected chi connectivity index (χ1v) is 5.82. The minimum Gasteiger partial charge on any atom is -0.481 e. The number of carbonyl (C=O) groups excluding carboxylic acids is 1. The van der Waals surface area contributed by atoms with Gasteiger partial charge >= 0.3 is 0 Å². The molecular formula is C13H17NO3. The van der Waals surface area contributed by atoms with Gasteiger partial charge in [0.15, 0.2) is 6.10 Å². The molecule has 1 N–H and O–H groups in total. The third-order valence-corrected chi connectivity index (χ3v) is 2.98. The molecule has 1 saturated heterocycles. The fraction of sp³-hybridized carbons (Fsp3) is 0.462. The van der Waals surface area contributed by atoms with Gasteiger partial charge in [-0.1, -0.05) is 12.1 Å². The molecule has 1 amide bonds. The van der Waals surface area contributed by atoms with E-state index in [2.05, 4.69) is 0 Å². The Morgan fingerprint density at radius 2 is 2.12 bits per heavy atom. The molecule has 0 spiro atoms. The standard InChI is InChI=1S/C13H17NO3/c1-14-8-6-12(13(14)16)17-11-4-2-10(3-5-11)7-9-15/h2-5,12,15H,6-9H2,1H3. The Morgan fingerprint density at radius 3 is 2.65 bits per heavy atom. The maximum atomic E-state index is 11.6. The lowest BCUT2D eigenvalue weighted by Crippen LogP contribution is -2.29. The Labute approximate surface area is 101 Å². The Kier molecular flexibility index (Phi) is 3.64. The highest BCUT2D eigenvalue weighted by atomic mass is 16.5. The van der Waals surface area contributed by atoms with Crippen molar-refractivity contribution >= 4 is 5.91 Å². The first-order valence-electron chi connectivity index (χ1n) is 5.82. The number of likely N-dealkylation sites (tertiary alicyclic amines) is 1. The summed E-state index contributed by atoms with van der Waals surface area (Å²) in [5.74, 6) is 0.754. The van der Waals surface area contributed by atoms with Crippen molar-refractivity contribution in [3.05, 3.63) is 29.8 Å². The number of carbonyl (C=O) groups is 1. The van der Waals surface area contributed by atoms with E-state index in [1.807, 2.05) is 24.3 Å². The second kappa shape index (κ2) is 5.19. The van der Waals surface area contributed by atoms with Crippen LogP contribution in [0.4, 0.5) is 0 Å². The Hall–Kier alpha value is -1.55. The highest BCUT2D eigenvalue weighted by molar-refractivity contribution is 5.83. The fourth-order valence-electron chi connectivity index (χ4n) is 1.93. The van der Waals surface area contributed by atoms with Crippen LogP contribution in [-0.4, -0.2) is 42.2 Å². The van der Waals surface area contributed by atoms with Crippen molar-refractivity contribution in [3.8, 4) is 5.75 Å². The van der Waals surface area contributed by atoms with Crippen molar-refractivity contribution in [2.75, 3.05) is 20.2 Å². The predicted molar refractivity (Wildman–Crippen MR) is 63.9 cm³/mol. The van der Waals surface area contributed by atoms with Crippen LogP contribution >= 0.6 is 0 Å². The molecule has 0 aromatic heterocycles. The number of likely N-dealkylation sites (N-methyl/N-ethyl adjacent to an activating group) is 1. The molecule has 1 aliphatic rings. The number of nitrogens with zero attached hydrogens (tertiary/aromatic N) is 1. The quantitative estimate of drug-likeness (QED) is 0.841. The topological polar surface area (TPSA) is 49.8 Å². The third-order valence-electron chi connectivity index (χ3n) is 2.98. The molecule has 1 fully saturated rings. The van der Waals surface area contributed by atoms with Gasteiger partial charge in [-0.2, -0.15) is 0 Å². The molecule has 4 heteroatoms. The van der Waals surface area contributed by atoms with Crippen molar-refractivity contribution < 1.29 is 14.6 Å². The number of rotatable bonds is 4. The van der Waals surface area contributed by atoms with Crippen LogP contribution in [0.3, 0.4) is 0 Å². The highest BCUT2D eigenvalue weighted by Crippen LogP contribution is 2.19. The Balaban J connectivity index is 1.97. The number of benzene rings is 1. The zero-order valence-corrected chi connectivity index (χ0v) is 9.93. The van der Waals surface area contributed by atoms with Crippen molar-refractivity contribution in [1.82, 2.24) is 4.90 Å². The first-order chi connectivity index (χ1) is 8.20. The summed E-state index contributed by atoms with van der Waals surface area (Å²) in [7, 11) is 1.79. The monoisotopic (exact) mass is 235 g/mol. The molecular weight excluding hydrogens is 218 g/mol. The number of hydrogen-bond donors (Lipinski definition) is 1. The van der Waals surface area contributed by atoms with Crippen LogP contribution in [0.1, 0.15) is 12.0 Å². The van der Waals surface area contributed by atoms with Crippen LogP contribution in [0.5, 0.6) is 5.75 Å². The molecule has 17 heavy (non-hydrogen) atoms. The maximum absolute atomic E-state index is 11.6. The van der Waals surface area contributed by atoms with Gasteiger partial charge in [0.2, 0.25) is 0 Å². The van der Waals surface area contributed by atoms with E-state index in [0.717, 1.165) is 18.5 Å². The lowest BCUT2D eigenvalue weighted by Gasteiger charge is -2.13. The van der Waals surface area contributed by atoms with E-state index >= 15 is 0 Å². The molecule has 92 valence electrons. The van der Waals surface area contributed by atoms with E-state index in [4.69, 9.17) is 9.84 Å². The molecule has 1 aliphatic heterocycles. The zero-order chi connectivity index (χ0) is 12.3. The second-order valence-corrected chi connectivity index (χ2v) is 4.27. The summed E-state index contributed by atoms with van der Waals surface area (Å²) < 4.78 is 5.64. The van der Waals surface area contributed by atoms with Gasteiger partial charge in [0.1, 0.15) is 5.75 Å². The summed E-state index contributed by atoms with van der Waals surface area (Å²) in [6, 6.07) is 7.51. The van der Waals surface area contributed by atoms with E-state index in [-0.39, 0.29) is 18.6 Å². The number of ether oxygens (including phenoxy) is 1. The number of aliphatic hydroxyl groups is 1. The zero-order valence-electron chi connectivity index (χ0n) is 9.93. The molecule has 1 aromatic carbocycles. The minimum atomic E-state index is -0.344. The molecule has 2 rings (SSSR count). The predicted octanol–water partition coefficient (Wildman–Crippen LogP) is 0.831. The molecule has 0 saturated carbocycles. The SMILES string of the molecule is CN1CCC(Oc2ccc(CCO)cc2)C1=O. The van der Waals surface area contributed by atoms with Gasteiger partial charge in [-0.05, 0) is 24.1 Å². The maximum Gasteiger partial charge on any atom is 0.263 e. The molecule has 4 nitrogen and oxygen atoms in total. The lowest BCUT2D eigenvalue weighted by atomic mass is 10.1. The van der Waals surface area contributed by atoms with E-state index in [9.17, 15) is 4.79 Å². The van der Waals surface area contributed by atoms with E-state index in [1.54, 1.807) is 11.9 Å². The Morgan fingerprint density at radius 1 is 1.41 bits per heavy atom. The van der Waals surface area contributed by atoms with Crippen LogP contribution in [0.2, 0.25) is 0 Å². The summed E-state index contributed by atoms with van der Waals surface area (Å²) in [5, 5.41) is 8.80. The van der Waals surface area contributed by atoms with Gasteiger partial charge < -0.3 is 14.7 Å². The second-order valence-electron chi connectivity index (χ2n) is 4.27. The van der Waals surface area contributed by atoms with Crippen LogP contribution in [0.25, 0.3) is 0 Å². The molecule has 0 bridgehead atoms. The summed E-state index contributed by atoms with van der Waals surface area (Å²) >= 11 is 0. The van der Waals surface area contributed by atoms with E-state index < -0.39 is 0 Å². The summed E-state index contributed by atoms with van der Waals surface area (Å²) in [6.45, 7) is 0.901. The average Bonchev–Trinajstić information content (AvgIpc) is 2.64. The fourth-order valence-corrected chi connectivity index (χ4v) is 1.93. The highest BCUT2D eigenvalue weighted by Gasteiger charge is 2.30. The van der Waals surface area contributed by atoms with Crippen LogP contribution in [0, 0.1) is 0 Å². The molecule has 1 atom stereocenters. The molecule has 1 unspecified atom stereocenters. The van der Waals surface area contributed by atoms with Gasteiger partial charge in [0, 0.05) is 26.6 Å². The number of amides is 1. The average molecular weight is 235 g/mol. The van der Waals surface area contributed by atoms with Crippen LogP contribution < -0.4 is 4.74 Å². The normalized spacial score (nSPS) is 19.8.